The Morgan fingerprint density at radius 2 is 2.29 bits per heavy atom. The van der Waals surface area contributed by atoms with Crippen LogP contribution in [0.3, 0.4) is 0 Å². The molecule has 1 aromatic carbocycles. The van der Waals surface area contributed by atoms with Crippen molar-refractivity contribution >= 4 is 22.0 Å². The van der Waals surface area contributed by atoms with Crippen LogP contribution in [0.15, 0.2) is 28.2 Å². The van der Waals surface area contributed by atoms with E-state index in [0.29, 0.717) is 6.04 Å². The van der Waals surface area contributed by atoms with E-state index in [1.807, 2.05) is 12.1 Å². The average Bonchev–Trinajstić information content (AvgIpc) is 2.29. The predicted octanol–water partition coefficient (Wildman–Crippen LogP) is 3.74. The minimum absolute atomic E-state index is 0.327. The SMILES string of the molecule is COc1ccc(Br)cc1C=C1CCCC(N)C1. The topological polar surface area (TPSA) is 35.2 Å². The lowest BCUT2D eigenvalue weighted by atomic mass is 9.90. The Morgan fingerprint density at radius 3 is 3.00 bits per heavy atom. The molecule has 2 nitrogen and oxygen atoms in total. The molecule has 2 rings (SSSR count). The van der Waals surface area contributed by atoms with Gasteiger partial charge in [0.15, 0.2) is 0 Å². The minimum Gasteiger partial charge on any atom is -0.496 e. The second-order valence-corrected chi connectivity index (χ2v) is 5.46. The van der Waals surface area contributed by atoms with Crippen LogP contribution in [-0.2, 0) is 0 Å². The van der Waals surface area contributed by atoms with E-state index >= 15 is 0 Å². The molecule has 0 saturated heterocycles. The van der Waals surface area contributed by atoms with Gasteiger partial charge in [0.2, 0.25) is 0 Å². The molecule has 1 aromatic rings. The number of rotatable bonds is 2. The average molecular weight is 296 g/mol. The summed E-state index contributed by atoms with van der Waals surface area (Å²) in [4.78, 5) is 0. The lowest BCUT2D eigenvalue weighted by molar-refractivity contribution is 0.413. The Balaban J connectivity index is 2.27. The first-order chi connectivity index (χ1) is 8.19. The van der Waals surface area contributed by atoms with Gasteiger partial charge in [-0.1, -0.05) is 27.6 Å². The maximum Gasteiger partial charge on any atom is 0.126 e. The van der Waals surface area contributed by atoms with E-state index in [2.05, 4.69) is 28.1 Å². The van der Waals surface area contributed by atoms with Crippen LogP contribution in [0.5, 0.6) is 5.75 Å². The highest BCUT2D eigenvalue weighted by Gasteiger charge is 2.13. The summed E-state index contributed by atoms with van der Waals surface area (Å²) in [5.74, 6) is 0.917. The second-order valence-electron chi connectivity index (χ2n) is 4.55. The molecule has 1 unspecified atom stereocenters. The molecule has 0 bridgehead atoms. The molecule has 1 saturated carbocycles. The first kappa shape index (κ1) is 12.7. The Bertz CT molecular complexity index is 428. The van der Waals surface area contributed by atoms with Crippen LogP contribution in [-0.4, -0.2) is 13.2 Å². The standard InChI is InChI=1S/C14H18BrNO/c1-17-14-6-5-12(15)9-11(14)7-10-3-2-4-13(16)8-10/h5-7,9,13H,2-4,8,16H2,1H3. The van der Waals surface area contributed by atoms with E-state index in [9.17, 15) is 0 Å². The summed E-state index contributed by atoms with van der Waals surface area (Å²) < 4.78 is 6.45. The summed E-state index contributed by atoms with van der Waals surface area (Å²) in [5.41, 5.74) is 8.56. The van der Waals surface area contributed by atoms with Gasteiger partial charge in [-0.3, -0.25) is 0 Å². The van der Waals surface area contributed by atoms with Gasteiger partial charge in [0, 0.05) is 16.1 Å². The summed E-state index contributed by atoms with van der Waals surface area (Å²) in [6.07, 6.45) is 6.73. The van der Waals surface area contributed by atoms with Crippen molar-refractivity contribution in [3.8, 4) is 5.75 Å². The molecule has 2 N–H and O–H groups in total. The van der Waals surface area contributed by atoms with Crippen molar-refractivity contribution < 1.29 is 4.74 Å². The van der Waals surface area contributed by atoms with E-state index in [1.54, 1.807) is 7.11 Å². The van der Waals surface area contributed by atoms with Gasteiger partial charge in [-0.05, 0) is 43.9 Å². The normalized spacial score (nSPS) is 22.8. The molecule has 0 radical (unpaired) electrons. The number of hydrogen-bond acceptors (Lipinski definition) is 2. The molecule has 0 heterocycles. The van der Waals surface area contributed by atoms with Crippen LogP contribution in [0.25, 0.3) is 6.08 Å². The molecule has 1 atom stereocenters. The summed E-state index contributed by atoms with van der Waals surface area (Å²) in [5, 5.41) is 0. The first-order valence-electron chi connectivity index (χ1n) is 5.97. The molecule has 0 aromatic heterocycles. The van der Waals surface area contributed by atoms with E-state index in [0.717, 1.165) is 35.0 Å². The fourth-order valence-electron chi connectivity index (χ4n) is 2.30. The van der Waals surface area contributed by atoms with Gasteiger partial charge in [0.25, 0.3) is 0 Å². The van der Waals surface area contributed by atoms with E-state index in [-0.39, 0.29) is 0 Å². The van der Waals surface area contributed by atoms with Gasteiger partial charge >= 0.3 is 0 Å². The van der Waals surface area contributed by atoms with Crippen LogP contribution in [0, 0.1) is 0 Å². The van der Waals surface area contributed by atoms with Gasteiger partial charge < -0.3 is 10.5 Å². The van der Waals surface area contributed by atoms with Crippen LogP contribution in [0.1, 0.15) is 31.2 Å². The third-order valence-electron chi connectivity index (χ3n) is 3.15. The zero-order valence-corrected chi connectivity index (χ0v) is 11.7. The molecule has 1 aliphatic carbocycles. The largest absolute Gasteiger partial charge is 0.496 e. The fourth-order valence-corrected chi connectivity index (χ4v) is 2.68. The highest BCUT2D eigenvalue weighted by molar-refractivity contribution is 9.10. The summed E-state index contributed by atoms with van der Waals surface area (Å²) in [6, 6.07) is 6.40. The first-order valence-corrected chi connectivity index (χ1v) is 6.77. The molecular weight excluding hydrogens is 278 g/mol. The fraction of sp³-hybridized carbons (Fsp3) is 0.429. The molecule has 0 amide bonds. The van der Waals surface area contributed by atoms with Gasteiger partial charge in [-0.15, -0.1) is 0 Å². The number of halogens is 1. The molecular formula is C14H18BrNO. The predicted molar refractivity (Wildman–Crippen MR) is 75.1 cm³/mol. The van der Waals surface area contributed by atoms with Crippen LogP contribution >= 0.6 is 15.9 Å². The molecule has 0 aliphatic heterocycles. The van der Waals surface area contributed by atoms with Crippen LogP contribution in [0.4, 0.5) is 0 Å². The minimum atomic E-state index is 0.327. The number of benzene rings is 1. The zero-order chi connectivity index (χ0) is 12.3. The van der Waals surface area contributed by atoms with E-state index in [1.165, 1.54) is 12.0 Å². The summed E-state index contributed by atoms with van der Waals surface area (Å²) in [7, 11) is 1.71. The lowest BCUT2D eigenvalue weighted by Gasteiger charge is -2.20. The quantitative estimate of drug-likeness (QED) is 0.902. The highest BCUT2D eigenvalue weighted by atomic mass is 79.9. The van der Waals surface area contributed by atoms with E-state index < -0.39 is 0 Å². The van der Waals surface area contributed by atoms with Crippen molar-refractivity contribution in [3.63, 3.8) is 0 Å². The molecule has 92 valence electrons. The van der Waals surface area contributed by atoms with Crippen molar-refractivity contribution in [2.45, 2.75) is 31.7 Å². The molecule has 0 spiro atoms. The highest BCUT2D eigenvalue weighted by Crippen LogP contribution is 2.29. The maximum atomic E-state index is 6.00. The van der Waals surface area contributed by atoms with E-state index in [4.69, 9.17) is 10.5 Å². The van der Waals surface area contributed by atoms with Crippen LogP contribution in [0.2, 0.25) is 0 Å². The van der Waals surface area contributed by atoms with Gasteiger partial charge in [-0.2, -0.15) is 0 Å². The van der Waals surface area contributed by atoms with Crippen LogP contribution < -0.4 is 10.5 Å². The number of hydrogen-bond donors (Lipinski definition) is 1. The van der Waals surface area contributed by atoms with Crippen molar-refractivity contribution in [3.05, 3.63) is 33.8 Å². The second kappa shape index (κ2) is 5.69. The maximum absolute atomic E-state index is 6.00. The zero-order valence-electron chi connectivity index (χ0n) is 10.1. The summed E-state index contributed by atoms with van der Waals surface area (Å²) in [6.45, 7) is 0. The van der Waals surface area contributed by atoms with Gasteiger partial charge in [0.05, 0.1) is 7.11 Å². The van der Waals surface area contributed by atoms with Crippen molar-refractivity contribution in [2.24, 2.45) is 5.73 Å². The lowest BCUT2D eigenvalue weighted by Crippen LogP contribution is -2.23. The smallest absolute Gasteiger partial charge is 0.126 e. The molecule has 17 heavy (non-hydrogen) atoms. The third kappa shape index (κ3) is 3.33. The van der Waals surface area contributed by atoms with Gasteiger partial charge in [-0.25, -0.2) is 0 Å². The number of methoxy groups -OCH3 is 1. The number of ether oxygens (including phenoxy) is 1. The molecule has 1 fully saturated rings. The molecule has 1 aliphatic rings. The van der Waals surface area contributed by atoms with Crippen molar-refractivity contribution in [1.82, 2.24) is 0 Å². The number of nitrogens with two attached hydrogens (primary N) is 1. The Labute approximate surface area is 111 Å². The van der Waals surface area contributed by atoms with Crippen molar-refractivity contribution in [1.29, 1.82) is 0 Å². The Hall–Kier alpha value is -0.800. The Morgan fingerprint density at radius 1 is 1.47 bits per heavy atom. The van der Waals surface area contributed by atoms with Crippen molar-refractivity contribution in [2.75, 3.05) is 7.11 Å². The molecule has 3 heteroatoms. The monoisotopic (exact) mass is 295 g/mol. The Kier molecular flexibility index (Phi) is 4.24. The third-order valence-corrected chi connectivity index (χ3v) is 3.64. The van der Waals surface area contributed by atoms with Gasteiger partial charge in [0.1, 0.15) is 5.75 Å². The summed E-state index contributed by atoms with van der Waals surface area (Å²) >= 11 is 3.49.